The van der Waals surface area contributed by atoms with Crippen LogP contribution in [0.25, 0.3) is 0 Å². The Labute approximate surface area is 130 Å². The van der Waals surface area contributed by atoms with Gasteiger partial charge >= 0.3 is 0 Å². The first kappa shape index (κ1) is 16.5. The van der Waals surface area contributed by atoms with E-state index in [-0.39, 0.29) is 31.0 Å². The molecule has 0 saturated carbocycles. The van der Waals surface area contributed by atoms with Crippen molar-refractivity contribution in [3.05, 3.63) is 35.9 Å². The maximum absolute atomic E-state index is 12.3. The quantitative estimate of drug-likeness (QED) is 0.693. The number of benzene rings is 1. The minimum Gasteiger partial charge on any atom is -0.395 e. The molecule has 2 atom stereocenters. The molecule has 6 nitrogen and oxygen atoms in total. The van der Waals surface area contributed by atoms with Gasteiger partial charge in [-0.2, -0.15) is 0 Å². The Morgan fingerprint density at radius 1 is 1.36 bits per heavy atom. The van der Waals surface area contributed by atoms with Crippen LogP contribution < -0.4 is 10.6 Å². The van der Waals surface area contributed by atoms with Crippen LogP contribution in [0.4, 0.5) is 0 Å². The lowest BCUT2D eigenvalue weighted by Crippen LogP contribution is -2.45. The lowest BCUT2D eigenvalue weighted by Gasteiger charge is -2.24. The molecule has 3 N–H and O–H groups in total. The summed E-state index contributed by atoms with van der Waals surface area (Å²) < 4.78 is 0. The molecule has 22 heavy (non-hydrogen) atoms. The first-order chi connectivity index (χ1) is 10.7. The number of hydrogen-bond donors (Lipinski definition) is 3. The fourth-order valence-electron chi connectivity index (χ4n) is 2.79. The molecule has 0 radical (unpaired) electrons. The van der Waals surface area contributed by atoms with Crippen molar-refractivity contribution in [3.63, 3.8) is 0 Å². The average Bonchev–Trinajstić information content (AvgIpc) is 2.99. The number of likely N-dealkylation sites (tertiary alicyclic amines) is 1. The van der Waals surface area contributed by atoms with Gasteiger partial charge in [-0.3, -0.25) is 14.5 Å². The third-order valence-corrected chi connectivity index (χ3v) is 4.00. The van der Waals surface area contributed by atoms with Crippen LogP contribution in [0.1, 0.15) is 24.4 Å². The number of carbonyl (C=O) groups excluding carboxylic acids is 2. The molecule has 6 heteroatoms. The van der Waals surface area contributed by atoms with E-state index < -0.39 is 6.04 Å². The Balaban J connectivity index is 2.01. The Bertz CT molecular complexity index is 507. The monoisotopic (exact) mass is 305 g/mol. The largest absolute Gasteiger partial charge is 0.395 e. The molecular formula is C16H23N3O3. The van der Waals surface area contributed by atoms with Crippen LogP contribution in [-0.2, 0) is 9.59 Å². The summed E-state index contributed by atoms with van der Waals surface area (Å²) in [5.74, 6) is -0.461. The van der Waals surface area contributed by atoms with Gasteiger partial charge in [0.1, 0.15) is 6.04 Å². The molecule has 1 unspecified atom stereocenters. The second-order valence-corrected chi connectivity index (χ2v) is 5.47. The first-order valence-electron chi connectivity index (χ1n) is 7.56. The van der Waals surface area contributed by atoms with Crippen molar-refractivity contribution in [2.75, 3.05) is 26.7 Å². The maximum Gasteiger partial charge on any atom is 0.246 e. The zero-order valence-electron chi connectivity index (χ0n) is 12.8. The molecule has 1 heterocycles. The highest BCUT2D eigenvalue weighted by molar-refractivity contribution is 5.89. The van der Waals surface area contributed by atoms with Crippen molar-refractivity contribution < 1.29 is 14.7 Å². The molecule has 2 rings (SSSR count). The lowest BCUT2D eigenvalue weighted by atomic mass is 10.1. The topological polar surface area (TPSA) is 81.7 Å². The van der Waals surface area contributed by atoms with Crippen LogP contribution in [0.5, 0.6) is 0 Å². The predicted molar refractivity (Wildman–Crippen MR) is 83.1 cm³/mol. The summed E-state index contributed by atoms with van der Waals surface area (Å²) in [4.78, 5) is 26.2. The number of aliphatic hydroxyl groups excluding tert-OH is 1. The van der Waals surface area contributed by atoms with Crippen LogP contribution in [0.2, 0.25) is 0 Å². The smallest absolute Gasteiger partial charge is 0.246 e. The van der Waals surface area contributed by atoms with Gasteiger partial charge in [-0.05, 0) is 24.9 Å². The standard InChI is InChI=1S/C16H23N3O3/c1-17-16(22)15(12-6-3-2-4-7-12)18-14(21)10-19-9-5-8-13(19)11-20/h2-4,6-7,13,15,20H,5,8-11H2,1H3,(H,17,22)(H,18,21)/t13-,15?/m0/s1. The third kappa shape index (κ3) is 4.05. The highest BCUT2D eigenvalue weighted by Gasteiger charge is 2.27. The van der Waals surface area contributed by atoms with Gasteiger partial charge < -0.3 is 15.7 Å². The molecule has 1 fully saturated rings. The van der Waals surface area contributed by atoms with E-state index >= 15 is 0 Å². The molecule has 1 saturated heterocycles. The van der Waals surface area contributed by atoms with Crippen molar-refractivity contribution in [2.24, 2.45) is 0 Å². The zero-order chi connectivity index (χ0) is 15.9. The Morgan fingerprint density at radius 3 is 2.73 bits per heavy atom. The van der Waals surface area contributed by atoms with Crippen LogP contribution in [0, 0.1) is 0 Å². The Morgan fingerprint density at radius 2 is 2.09 bits per heavy atom. The van der Waals surface area contributed by atoms with Gasteiger partial charge in [0.15, 0.2) is 0 Å². The molecule has 1 aliphatic heterocycles. The van der Waals surface area contributed by atoms with Crippen LogP contribution in [0.3, 0.4) is 0 Å². The maximum atomic E-state index is 12.3. The van der Waals surface area contributed by atoms with E-state index in [0.29, 0.717) is 0 Å². The lowest BCUT2D eigenvalue weighted by molar-refractivity contribution is -0.129. The molecule has 0 bridgehead atoms. The minimum atomic E-state index is -0.700. The van der Waals surface area contributed by atoms with Gasteiger partial charge in [-0.1, -0.05) is 30.3 Å². The van der Waals surface area contributed by atoms with E-state index in [2.05, 4.69) is 10.6 Å². The third-order valence-electron chi connectivity index (χ3n) is 4.00. The number of hydrogen-bond acceptors (Lipinski definition) is 4. The summed E-state index contributed by atoms with van der Waals surface area (Å²) in [7, 11) is 1.55. The van der Waals surface area contributed by atoms with Crippen LogP contribution in [-0.4, -0.2) is 54.6 Å². The van der Waals surface area contributed by atoms with Gasteiger partial charge in [0, 0.05) is 13.1 Å². The number of likely N-dealkylation sites (N-methyl/N-ethyl adjacent to an activating group) is 1. The number of nitrogens with one attached hydrogen (secondary N) is 2. The highest BCUT2D eigenvalue weighted by Crippen LogP contribution is 2.17. The van der Waals surface area contributed by atoms with Crippen LogP contribution >= 0.6 is 0 Å². The Kier molecular flexibility index (Phi) is 5.91. The van der Waals surface area contributed by atoms with E-state index in [1.165, 1.54) is 0 Å². The van der Waals surface area contributed by atoms with Crippen molar-refractivity contribution in [1.29, 1.82) is 0 Å². The predicted octanol–water partition coefficient (Wildman–Crippen LogP) is 0.0466. The molecule has 1 aliphatic rings. The van der Waals surface area contributed by atoms with E-state index in [9.17, 15) is 14.7 Å². The van der Waals surface area contributed by atoms with Gasteiger partial charge in [0.05, 0.1) is 13.2 Å². The number of nitrogens with zero attached hydrogens (tertiary/aromatic N) is 1. The number of aliphatic hydroxyl groups is 1. The summed E-state index contributed by atoms with van der Waals surface area (Å²) in [5, 5.41) is 14.7. The van der Waals surface area contributed by atoms with Crippen molar-refractivity contribution >= 4 is 11.8 Å². The van der Waals surface area contributed by atoms with Crippen molar-refractivity contribution in [1.82, 2.24) is 15.5 Å². The second-order valence-electron chi connectivity index (χ2n) is 5.47. The van der Waals surface area contributed by atoms with Crippen LogP contribution in [0.15, 0.2) is 30.3 Å². The molecule has 0 aliphatic carbocycles. The van der Waals surface area contributed by atoms with E-state index in [4.69, 9.17) is 0 Å². The summed E-state index contributed by atoms with van der Waals surface area (Å²) in [6.45, 7) is 1.06. The van der Waals surface area contributed by atoms with Gasteiger partial charge in [-0.15, -0.1) is 0 Å². The summed E-state index contributed by atoms with van der Waals surface area (Å²) in [6.07, 6.45) is 1.89. The fourth-order valence-corrected chi connectivity index (χ4v) is 2.79. The first-order valence-corrected chi connectivity index (χ1v) is 7.56. The molecule has 1 aromatic carbocycles. The molecule has 0 aromatic heterocycles. The van der Waals surface area contributed by atoms with E-state index in [1.54, 1.807) is 7.05 Å². The molecular weight excluding hydrogens is 282 g/mol. The number of rotatable bonds is 6. The Hall–Kier alpha value is -1.92. The van der Waals surface area contributed by atoms with E-state index in [0.717, 1.165) is 24.9 Å². The van der Waals surface area contributed by atoms with Gasteiger partial charge in [-0.25, -0.2) is 0 Å². The van der Waals surface area contributed by atoms with E-state index in [1.807, 2.05) is 35.2 Å². The summed E-state index contributed by atoms with van der Waals surface area (Å²) in [6, 6.07) is 8.50. The minimum absolute atomic E-state index is 0.0425. The average molecular weight is 305 g/mol. The summed E-state index contributed by atoms with van der Waals surface area (Å²) >= 11 is 0. The normalized spacial score (nSPS) is 19.6. The second kappa shape index (κ2) is 7.91. The molecule has 1 aromatic rings. The van der Waals surface area contributed by atoms with Crippen molar-refractivity contribution in [3.8, 4) is 0 Å². The SMILES string of the molecule is CNC(=O)C(NC(=O)CN1CCC[C@H]1CO)c1ccccc1. The molecule has 120 valence electrons. The summed E-state index contributed by atoms with van der Waals surface area (Å²) in [5.41, 5.74) is 0.746. The molecule has 2 amide bonds. The molecule has 0 spiro atoms. The van der Waals surface area contributed by atoms with Crippen molar-refractivity contribution in [2.45, 2.75) is 24.9 Å². The van der Waals surface area contributed by atoms with Gasteiger partial charge in [0.2, 0.25) is 11.8 Å². The zero-order valence-corrected chi connectivity index (χ0v) is 12.8. The van der Waals surface area contributed by atoms with Gasteiger partial charge in [0.25, 0.3) is 0 Å². The fraction of sp³-hybridized carbons (Fsp3) is 0.500. The highest BCUT2D eigenvalue weighted by atomic mass is 16.3. The number of amides is 2. The number of carbonyl (C=O) groups is 2.